The van der Waals surface area contributed by atoms with E-state index in [4.69, 9.17) is 14.5 Å². The van der Waals surface area contributed by atoms with E-state index in [-0.39, 0.29) is 17.8 Å². The summed E-state index contributed by atoms with van der Waals surface area (Å²) in [5, 5.41) is 3.35. The Hall–Kier alpha value is -2.08. The van der Waals surface area contributed by atoms with Gasteiger partial charge in [-0.15, -0.1) is 0 Å². The number of carbonyl (C=O) groups excluding carboxylic acids is 1. The zero-order valence-corrected chi connectivity index (χ0v) is 16.3. The molecule has 1 aromatic carbocycles. The van der Waals surface area contributed by atoms with Crippen LogP contribution in [0.15, 0.2) is 29.3 Å². The number of carbonyl (C=O) groups is 1. The number of methoxy groups -OCH3 is 1. The van der Waals surface area contributed by atoms with Crippen molar-refractivity contribution in [2.24, 2.45) is 16.8 Å². The van der Waals surface area contributed by atoms with Gasteiger partial charge in [-0.25, -0.2) is 4.99 Å². The van der Waals surface area contributed by atoms with Crippen molar-refractivity contribution < 1.29 is 14.3 Å². The molecule has 144 valence electrons. The fourth-order valence-corrected chi connectivity index (χ4v) is 3.25. The number of rotatable bonds is 7. The molecule has 6 nitrogen and oxygen atoms in total. The van der Waals surface area contributed by atoms with Gasteiger partial charge in [-0.1, -0.05) is 31.2 Å². The van der Waals surface area contributed by atoms with Gasteiger partial charge in [0.25, 0.3) is 0 Å². The molecule has 0 spiro atoms. The average molecular weight is 361 g/mol. The molecular weight excluding hydrogens is 330 g/mol. The third kappa shape index (κ3) is 5.21. The SMILES string of the molecule is CCNC(=NCc1ccccc1COCC)N1CC(C)C(C(=O)OC)C1. The maximum atomic E-state index is 12.0. The van der Waals surface area contributed by atoms with Gasteiger partial charge in [0.2, 0.25) is 0 Å². The normalized spacial score (nSPS) is 20.3. The van der Waals surface area contributed by atoms with Gasteiger partial charge in [0.15, 0.2) is 5.96 Å². The molecule has 0 aliphatic carbocycles. The van der Waals surface area contributed by atoms with Crippen LogP contribution in [0.5, 0.6) is 0 Å². The van der Waals surface area contributed by atoms with Gasteiger partial charge < -0.3 is 19.7 Å². The predicted molar refractivity (Wildman–Crippen MR) is 103 cm³/mol. The van der Waals surface area contributed by atoms with Crippen LogP contribution in [0.4, 0.5) is 0 Å². The van der Waals surface area contributed by atoms with Crippen LogP contribution < -0.4 is 5.32 Å². The van der Waals surface area contributed by atoms with E-state index in [9.17, 15) is 4.79 Å². The second-order valence-electron chi connectivity index (χ2n) is 6.59. The monoisotopic (exact) mass is 361 g/mol. The summed E-state index contributed by atoms with van der Waals surface area (Å²) in [4.78, 5) is 18.9. The number of benzene rings is 1. The molecule has 1 saturated heterocycles. The molecule has 6 heteroatoms. The van der Waals surface area contributed by atoms with Crippen LogP contribution in [0, 0.1) is 11.8 Å². The van der Waals surface area contributed by atoms with E-state index in [0.717, 1.165) is 30.2 Å². The van der Waals surface area contributed by atoms with Gasteiger partial charge in [0, 0.05) is 26.2 Å². The zero-order valence-electron chi connectivity index (χ0n) is 16.3. The van der Waals surface area contributed by atoms with Gasteiger partial charge >= 0.3 is 5.97 Å². The van der Waals surface area contributed by atoms with Gasteiger partial charge in [0.05, 0.1) is 26.2 Å². The number of likely N-dealkylation sites (tertiary alicyclic amines) is 1. The fraction of sp³-hybridized carbons (Fsp3) is 0.600. The second kappa shape index (κ2) is 10.2. The van der Waals surface area contributed by atoms with E-state index in [1.54, 1.807) is 0 Å². The summed E-state index contributed by atoms with van der Waals surface area (Å²) in [7, 11) is 1.45. The molecular formula is C20H31N3O3. The van der Waals surface area contributed by atoms with Gasteiger partial charge in [-0.05, 0) is 30.9 Å². The van der Waals surface area contributed by atoms with E-state index in [0.29, 0.717) is 26.3 Å². The number of hydrogen-bond acceptors (Lipinski definition) is 4. The summed E-state index contributed by atoms with van der Waals surface area (Å²) in [6, 6.07) is 8.22. The lowest BCUT2D eigenvalue weighted by atomic mass is 9.99. The number of esters is 1. The van der Waals surface area contributed by atoms with Crippen molar-refractivity contribution in [1.29, 1.82) is 0 Å². The van der Waals surface area contributed by atoms with Gasteiger partial charge in [-0.3, -0.25) is 4.79 Å². The highest BCUT2D eigenvalue weighted by Gasteiger charge is 2.36. The van der Waals surface area contributed by atoms with E-state index in [2.05, 4.69) is 36.2 Å². The first-order chi connectivity index (χ1) is 12.6. The average Bonchev–Trinajstić information content (AvgIpc) is 3.05. The highest BCUT2D eigenvalue weighted by atomic mass is 16.5. The minimum atomic E-state index is -0.141. The van der Waals surface area contributed by atoms with E-state index < -0.39 is 0 Å². The number of guanidine groups is 1. The fourth-order valence-electron chi connectivity index (χ4n) is 3.25. The Kier molecular flexibility index (Phi) is 7.91. The number of nitrogens with zero attached hydrogens (tertiary/aromatic N) is 2. The number of ether oxygens (including phenoxy) is 2. The lowest BCUT2D eigenvalue weighted by Crippen LogP contribution is -2.40. The topological polar surface area (TPSA) is 63.2 Å². The molecule has 1 aromatic rings. The quantitative estimate of drug-likeness (QED) is 0.459. The first-order valence-corrected chi connectivity index (χ1v) is 9.36. The van der Waals surface area contributed by atoms with Crippen LogP contribution in [0.3, 0.4) is 0 Å². The van der Waals surface area contributed by atoms with Crippen molar-refractivity contribution in [3.63, 3.8) is 0 Å². The largest absolute Gasteiger partial charge is 0.469 e. The lowest BCUT2D eigenvalue weighted by Gasteiger charge is -2.21. The molecule has 26 heavy (non-hydrogen) atoms. The Balaban J connectivity index is 2.11. The predicted octanol–water partition coefficient (Wildman–Crippen LogP) is 2.43. The van der Waals surface area contributed by atoms with Crippen LogP contribution in [0.2, 0.25) is 0 Å². The first-order valence-electron chi connectivity index (χ1n) is 9.36. The molecule has 0 bridgehead atoms. The smallest absolute Gasteiger partial charge is 0.310 e. The summed E-state index contributed by atoms with van der Waals surface area (Å²) in [5.41, 5.74) is 2.32. The molecule has 0 saturated carbocycles. The van der Waals surface area contributed by atoms with Crippen molar-refractivity contribution in [3.8, 4) is 0 Å². The van der Waals surface area contributed by atoms with E-state index in [1.165, 1.54) is 7.11 Å². The number of hydrogen-bond donors (Lipinski definition) is 1. The van der Waals surface area contributed by atoms with Crippen LogP contribution >= 0.6 is 0 Å². The van der Waals surface area contributed by atoms with Crippen LogP contribution in [-0.4, -0.2) is 50.2 Å². The first kappa shape index (κ1) is 20.2. The second-order valence-corrected chi connectivity index (χ2v) is 6.59. The number of aliphatic imine (C=N–C) groups is 1. The zero-order chi connectivity index (χ0) is 18.9. The van der Waals surface area contributed by atoms with Gasteiger partial charge in [0.1, 0.15) is 0 Å². The Bertz CT molecular complexity index is 618. The maximum Gasteiger partial charge on any atom is 0.310 e. The summed E-state index contributed by atoms with van der Waals surface area (Å²) in [6.45, 7) is 10.2. The molecule has 1 aliphatic heterocycles. The van der Waals surface area contributed by atoms with E-state index >= 15 is 0 Å². The Morgan fingerprint density at radius 2 is 2.00 bits per heavy atom. The molecule has 1 fully saturated rings. The van der Waals surface area contributed by atoms with Crippen molar-refractivity contribution in [2.75, 3.05) is 33.4 Å². The molecule has 1 N–H and O–H groups in total. The summed E-state index contributed by atoms with van der Waals surface area (Å²) in [5.74, 6) is 0.848. The van der Waals surface area contributed by atoms with E-state index in [1.807, 2.05) is 19.1 Å². The lowest BCUT2D eigenvalue weighted by molar-refractivity contribution is -0.145. The minimum absolute atomic E-state index is 0.103. The third-order valence-corrected chi connectivity index (χ3v) is 4.73. The highest BCUT2D eigenvalue weighted by molar-refractivity contribution is 5.82. The Morgan fingerprint density at radius 3 is 2.65 bits per heavy atom. The summed E-state index contributed by atoms with van der Waals surface area (Å²) < 4.78 is 10.5. The standard InChI is InChI=1S/C20H31N3O3/c1-5-21-20(23-12-15(3)18(13-23)19(24)25-4)22-11-16-9-7-8-10-17(16)14-26-6-2/h7-10,15,18H,5-6,11-14H2,1-4H3,(H,21,22). The minimum Gasteiger partial charge on any atom is -0.469 e. The van der Waals surface area contributed by atoms with Gasteiger partial charge in [-0.2, -0.15) is 0 Å². The Morgan fingerprint density at radius 1 is 1.27 bits per heavy atom. The Labute approximate surface area is 156 Å². The summed E-state index contributed by atoms with van der Waals surface area (Å²) >= 11 is 0. The molecule has 1 aliphatic rings. The number of nitrogens with one attached hydrogen (secondary N) is 1. The highest BCUT2D eigenvalue weighted by Crippen LogP contribution is 2.24. The van der Waals surface area contributed by atoms with Crippen LogP contribution in [-0.2, 0) is 27.4 Å². The van der Waals surface area contributed by atoms with Crippen LogP contribution in [0.1, 0.15) is 31.9 Å². The molecule has 0 amide bonds. The molecule has 1 heterocycles. The third-order valence-electron chi connectivity index (χ3n) is 4.73. The molecule has 2 unspecified atom stereocenters. The summed E-state index contributed by atoms with van der Waals surface area (Å²) in [6.07, 6.45) is 0. The van der Waals surface area contributed by atoms with Crippen LogP contribution in [0.25, 0.3) is 0 Å². The molecule has 0 radical (unpaired) electrons. The van der Waals surface area contributed by atoms with Crippen molar-refractivity contribution in [2.45, 2.75) is 33.9 Å². The molecule has 0 aromatic heterocycles. The van der Waals surface area contributed by atoms with Crippen molar-refractivity contribution >= 4 is 11.9 Å². The maximum absolute atomic E-state index is 12.0. The van der Waals surface area contributed by atoms with Crippen molar-refractivity contribution in [3.05, 3.63) is 35.4 Å². The molecule has 2 rings (SSSR count). The van der Waals surface area contributed by atoms with Crippen molar-refractivity contribution in [1.82, 2.24) is 10.2 Å². The molecule has 2 atom stereocenters.